The molecule has 1 heterocycles. The molecule has 3 aromatic carbocycles. The number of nitrogens with one attached hydrogen (secondary N) is 1. The van der Waals surface area contributed by atoms with Crippen LogP contribution in [0.2, 0.25) is 0 Å². The number of hydrogen-bond acceptors (Lipinski definition) is 4. The average molecular weight is 470 g/mol. The van der Waals surface area contributed by atoms with Gasteiger partial charge in [-0.2, -0.15) is 0 Å². The maximum Gasteiger partial charge on any atom is 0.244 e. The van der Waals surface area contributed by atoms with Gasteiger partial charge >= 0.3 is 0 Å². The number of furan rings is 1. The summed E-state index contributed by atoms with van der Waals surface area (Å²) in [6.45, 7) is 5.01. The third-order valence-electron chi connectivity index (χ3n) is 5.93. The molecule has 35 heavy (non-hydrogen) atoms. The third-order valence-corrected chi connectivity index (χ3v) is 5.93. The van der Waals surface area contributed by atoms with Crippen molar-refractivity contribution in [2.75, 3.05) is 20.3 Å². The fourth-order valence-corrected chi connectivity index (χ4v) is 4.11. The number of ether oxygens (including phenoxy) is 2. The van der Waals surface area contributed by atoms with Crippen molar-refractivity contribution in [2.24, 2.45) is 0 Å². The molecule has 5 nitrogen and oxygen atoms in total. The molecular formula is C30H31NO4. The molecule has 4 aromatic rings. The van der Waals surface area contributed by atoms with E-state index in [-0.39, 0.29) is 5.91 Å². The highest BCUT2D eigenvalue weighted by Gasteiger charge is 2.15. The van der Waals surface area contributed by atoms with E-state index in [1.54, 1.807) is 19.4 Å². The first-order valence-corrected chi connectivity index (χ1v) is 11.9. The van der Waals surface area contributed by atoms with E-state index in [4.69, 9.17) is 13.9 Å². The molecule has 0 atom stereocenters. The number of benzene rings is 3. The number of amides is 1. The zero-order chi connectivity index (χ0) is 24.6. The molecule has 0 aliphatic carbocycles. The standard InChI is InChI=1S/C30H31NO4/c1-4-34-28-19-29-26(27(20-35-29)23-12-14-24(33-3)15-13-23)18-25(28)21(2)17-30(32)31-16-8-11-22-9-6-5-7-10-22/h5-7,9-10,12-15,17-20H,4,8,11,16H2,1-3H3,(H,31,32)/b21-17+. The maximum absolute atomic E-state index is 12.6. The predicted octanol–water partition coefficient (Wildman–Crippen LogP) is 6.66. The molecule has 0 aliphatic rings. The first-order chi connectivity index (χ1) is 17.1. The summed E-state index contributed by atoms with van der Waals surface area (Å²) in [5, 5.41) is 3.96. The van der Waals surface area contributed by atoms with Crippen LogP contribution in [0.1, 0.15) is 31.4 Å². The Bertz CT molecular complexity index is 1300. The van der Waals surface area contributed by atoms with Gasteiger partial charge in [0.05, 0.1) is 20.0 Å². The van der Waals surface area contributed by atoms with E-state index in [2.05, 4.69) is 17.4 Å². The van der Waals surface area contributed by atoms with Crippen LogP contribution in [0.4, 0.5) is 0 Å². The van der Waals surface area contributed by atoms with Crippen LogP contribution < -0.4 is 14.8 Å². The van der Waals surface area contributed by atoms with Gasteiger partial charge in [0.25, 0.3) is 0 Å². The molecule has 1 amide bonds. The summed E-state index contributed by atoms with van der Waals surface area (Å²) in [4.78, 5) is 12.6. The number of rotatable bonds is 10. The number of hydrogen-bond donors (Lipinski definition) is 1. The van der Waals surface area contributed by atoms with Crippen LogP contribution in [0.15, 0.2) is 83.5 Å². The Kier molecular flexibility index (Phi) is 7.88. The van der Waals surface area contributed by atoms with Crippen molar-refractivity contribution in [3.05, 3.63) is 90.2 Å². The van der Waals surface area contributed by atoms with Gasteiger partial charge < -0.3 is 19.2 Å². The molecule has 4 rings (SSSR count). The summed E-state index contributed by atoms with van der Waals surface area (Å²) in [6, 6.07) is 22.1. The van der Waals surface area contributed by atoms with Gasteiger partial charge in [-0.3, -0.25) is 4.79 Å². The van der Waals surface area contributed by atoms with Crippen LogP contribution in [0.3, 0.4) is 0 Å². The molecule has 0 radical (unpaired) electrons. The lowest BCUT2D eigenvalue weighted by atomic mass is 9.99. The number of carbonyl (C=O) groups is 1. The molecular weight excluding hydrogens is 438 g/mol. The summed E-state index contributed by atoms with van der Waals surface area (Å²) in [5.74, 6) is 1.39. The van der Waals surface area contributed by atoms with E-state index in [9.17, 15) is 4.79 Å². The second-order valence-electron chi connectivity index (χ2n) is 8.36. The largest absolute Gasteiger partial charge is 0.497 e. The smallest absolute Gasteiger partial charge is 0.244 e. The topological polar surface area (TPSA) is 60.7 Å². The summed E-state index contributed by atoms with van der Waals surface area (Å²) in [5.41, 5.74) is 5.72. The number of methoxy groups -OCH3 is 1. The van der Waals surface area contributed by atoms with E-state index < -0.39 is 0 Å². The van der Waals surface area contributed by atoms with Crippen molar-refractivity contribution >= 4 is 22.4 Å². The van der Waals surface area contributed by atoms with E-state index in [1.165, 1.54) is 5.56 Å². The van der Waals surface area contributed by atoms with Crippen LogP contribution in [0, 0.1) is 0 Å². The quantitative estimate of drug-likeness (QED) is 0.208. The highest BCUT2D eigenvalue weighted by atomic mass is 16.5. The fraction of sp³-hybridized carbons (Fsp3) is 0.233. The first kappa shape index (κ1) is 24.1. The number of allylic oxidation sites excluding steroid dienone is 1. The Balaban J connectivity index is 1.54. The Labute approximate surface area is 206 Å². The average Bonchev–Trinajstić information content (AvgIpc) is 3.30. The second kappa shape index (κ2) is 11.4. The molecule has 5 heteroatoms. The van der Waals surface area contributed by atoms with Gasteiger partial charge in [-0.15, -0.1) is 0 Å². The third kappa shape index (κ3) is 5.93. The van der Waals surface area contributed by atoms with Gasteiger partial charge in [0, 0.05) is 35.2 Å². The van der Waals surface area contributed by atoms with Crippen molar-refractivity contribution in [3.8, 4) is 22.6 Å². The van der Waals surface area contributed by atoms with Crippen LogP contribution in [0.5, 0.6) is 11.5 Å². The molecule has 0 unspecified atom stereocenters. The Morgan fingerprint density at radius 3 is 2.54 bits per heavy atom. The highest BCUT2D eigenvalue weighted by Crippen LogP contribution is 2.37. The van der Waals surface area contributed by atoms with Crippen LogP contribution in [0.25, 0.3) is 27.7 Å². The molecule has 180 valence electrons. The fourth-order valence-electron chi connectivity index (χ4n) is 4.11. The SMILES string of the molecule is CCOc1cc2occ(-c3ccc(OC)cc3)c2cc1/C(C)=C/C(=O)NCCCc1ccccc1. The number of aryl methyl sites for hydroxylation is 1. The Morgan fingerprint density at radius 2 is 1.83 bits per heavy atom. The van der Waals surface area contributed by atoms with Crippen molar-refractivity contribution in [3.63, 3.8) is 0 Å². The monoisotopic (exact) mass is 469 g/mol. The second-order valence-corrected chi connectivity index (χ2v) is 8.36. The van der Waals surface area contributed by atoms with Gasteiger partial charge in [0.15, 0.2) is 0 Å². The minimum atomic E-state index is -0.110. The zero-order valence-corrected chi connectivity index (χ0v) is 20.5. The Hall–Kier alpha value is -3.99. The van der Waals surface area contributed by atoms with E-state index >= 15 is 0 Å². The maximum atomic E-state index is 12.6. The lowest BCUT2D eigenvalue weighted by Crippen LogP contribution is -2.22. The van der Waals surface area contributed by atoms with Crippen molar-refractivity contribution in [1.29, 1.82) is 0 Å². The summed E-state index contributed by atoms with van der Waals surface area (Å²) in [7, 11) is 1.65. The lowest BCUT2D eigenvalue weighted by Gasteiger charge is -2.12. The predicted molar refractivity (Wildman–Crippen MR) is 141 cm³/mol. The van der Waals surface area contributed by atoms with Crippen LogP contribution in [-0.4, -0.2) is 26.2 Å². The van der Waals surface area contributed by atoms with E-state index in [1.807, 2.05) is 68.4 Å². The first-order valence-electron chi connectivity index (χ1n) is 11.9. The molecule has 0 spiro atoms. The Morgan fingerprint density at radius 1 is 1.06 bits per heavy atom. The number of fused-ring (bicyclic) bond motifs is 1. The normalized spacial score (nSPS) is 11.5. The molecule has 0 fully saturated rings. The van der Waals surface area contributed by atoms with Crippen molar-refractivity contribution < 1.29 is 18.7 Å². The van der Waals surface area contributed by atoms with E-state index in [0.717, 1.165) is 51.8 Å². The molecule has 0 saturated carbocycles. The minimum Gasteiger partial charge on any atom is -0.497 e. The molecule has 0 saturated heterocycles. The van der Waals surface area contributed by atoms with Crippen molar-refractivity contribution in [1.82, 2.24) is 5.32 Å². The number of carbonyl (C=O) groups excluding carboxylic acids is 1. The van der Waals surface area contributed by atoms with Gasteiger partial charge in [0.2, 0.25) is 5.91 Å². The van der Waals surface area contributed by atoms with Gasteiger partial charge in [-0.1, -0.05) is 42.5 Å². The molecule has 0 aliphatic heterocycles. The highest BCUT2D eigenvalue weighted by molar-refractivity contribution is 6.00. The lowest BCUT2D eigenvalue weighted by molar-refractivity contribution is -0.116. The summed E-state index contributed by atoms with van der Waals surface area (Å²) in [6.07, 6.45) is 5.21. The summed E-state index contributed by atoms with van der Waals surface area (Å²) < 4.78 is 17.0. The zero-order valence-electron chi connectivity index (χ0n) is 20.5. The van der Waals surface area contributed by atoms with Gasteiger partial charge in [0.1, 0.15) is 17.1 Å². The molecule has 0 bridgehead atoms. The van der Waals surface area contributed by atoms with Crippen LogP contribution in [-0.2, 0) is 11.2 Å². The molecule has 1 aromatic heterocycles. The molecule has 1 N–H and O–H groups in total. The van der Waals surface area contributed by atoms with Gasteiger partial charge in [-0.05, 0) is 61.6 Å². The van der Waals surface area contributed by atoms with Crippen molar-refractivity contribution in [2.45, 2.75) is 26.7 Å². The van der Waals surface area contributed by atoms with E-state index in [0.29, 0.717) is 18.9 Å². The summed E-state index contributed by atoms with van der Waals surface area (Å²) >= 11 is 0. The van der Waals surface area contributed by atoms with Crippen LogP contribution >= 0.6 is 0 Å². The van der Waals surface area contributed by atoms with Gasteiger partial charge in [-0.25, -0.2) is 0 Å². The minimum absolute atomic E-state index is 0.110.